The smallest absolute Gasteiger partial charge is 0.251 e. The zero-order chi connectivity index (χ0) is 17.8. The molecule has 5 heteroatoms. The van der Waals surface area contributed by atoms with Crippen LogP contribution in [-0.4, -0.2) is 29.8 Å². The third-order valence-corrected chi connectivity index (χ3v) is 5.09. The number of hydrogen-bond acceptors (Lipinski definition) is 2. The molecule has 3 rings (SSSR count). The Hall–Kier alpha value is -2.14. The van der Waals surface area contributed by atoms with Crippen LogP contribution in [0.4, 0.5) is 0 Å². The molecule has 1 aliphatic rings. The van der Waals surface area contributed by atoms with Gasteiger partial charge in [0.05, 0.1) is 12.6 Å². The number of aryl methyl sites for hydroxylation is 1. The number of hydrogen-bond donors (Lipinski definition) is 1. The van der Waals surface area contributed by atoms with Crippen molar-refractivity contribution in [3.05, 3.63) is 69.7 Å². The summed E-state index contributed by atoms with van der Waals surface area (Å²) in [5, 5.41) is 2.76. The van der Waals surface area contributed by atoms with Crippen molar-refractivity contribution >= 4 is 27.7 Å². The van der Waals surface area contributed by atoms with Crippen molar-refractivity contribution in [3.8, 4) is 0 Å². The Labute approximate surface area is 156 Å². The van der Waals surface area contributed by atoms with Crippen LogP contribution in [0.1, 0.15) is 40.4 Å². The maximum atomic E-state index is 12.6. The maximum absolute atomic E-state index is 12.6. The summed E-state index contributed by atoms with van der Waals surface area (Å²) >= 11 is 3.49. The average molecular weight is 401 g/mol. The van der Waals surface area contributed by atoms with Crippen molar-refractivity contribution in [1.29, 1.82) is 0 Å². The highest BCUT2D eigenvalue weighted by Gasteiger charge is 2.30. The Bertz CT molecular complexity index is 791. The third-order valence-electron chi connectivity index (χ3n) is 4.60. The first-order valence-corrected chi connectivity index (χ1v) is 9.24. The van der Waals surface area contributed by atoms with Crippen LogP contribution in [0, 0.1) is 6.92 Å². The molecule has 0 bridgehead atoms. The van der Waals surface area contributed by atoms with Gasteiger partial charge in [-0.1, -0.05) is 46.3 Å². The fourth-order valence-corrected chi connectivity index (χ4v) is 3.72. The predicted molar refractivity (Wildman–Crippen MR) is 101 cm³/mol. The SMILES string of the molecule is Cc1ccccc1C(=O)NCC(=O)N1CCCC1c1cccc(Br)c1. The molecule has 0 aromatic heterocycles. The van der Waals surface area contributed by atoms with Crippen molar-refractivity contribution < 1.29 is 9.59 Å². The standard InChI is InChI=1S/C20H21BrN2O2/c1-14-6-2-3-9-17(14)20(25)22-13-19(24)23-11-5-10-18(23)15-7-4-8-16(21)12-15/h2-4,6-9,12,18H,5,10-11,13H2,1H3,(H,22,25). The lowest BCUT2D eigenvalue weighted by Gasteiger charge is -2.25. The molecule has 0 spiro atoms. The zero-order valence-electron chi connectivity index (χ0n) is 14.2. The minimum absolute atomic E-state index is 0.0255. The van der Waals surface area contributed by atoms with Crippen LogP contribution in [0.2, 0.25) is 0 Å². The first kappa shape index (κ1) is 17.7. The van der Waals surface area contributed by atoms with Crippen LogP contribution in [0.5, 0.6) is 0 Å². The lowest BCUT2D eigenvalue weighted by molar-refractivity contribution is -0.131. The van der Waals surface area contributed by atoms with Gasteiger partial charge in [-0.05, 0) is 49.1 Å². The number of nitrogens with one attached hydrogen (secondary N) is 1. The molecule has 2 amide bonds. The molecule has 1 saturated heterocycles. The topological polar surface area (TPSA) is 49.4 Å². The van der Waals surface area contributed by atoms with Gasteiger partial charge in [-0.25, -0.2) is 0 Å². The summed E-state index contributed by atoms with van der Waals surface area (Å²) in [5.41, 5.74) is 2.64. The summed E-state index contributed by atoms with van der Waals surface area (Å²) in [6.07, 6.45) is 1.93. The van der Waals surface area contributed by atoms with E-state index in [9.17, 15) is 9.59 Å². The molecule has 25 heavy (non-hydrogen) atoms. The van der Waals surface area contributed by atoms with E-state index in [-0.39, 0.29) is 24.4 Å². The largest absolute Gasteiger partial charge is 0.343 e. The van der Waals surface area contributed by atoms with E-state index in [1.807, 2.05) is 48.2 Å². The van der Waals surface area contributed by atoms with Crippen LogP contribution in [0.25, 0.3) is 0 Å². The summed E-state index contributed by atoms with van der Waals surface area (Å²) in [4.78, 5) is 26.8. The van der Waals surface area contributed by atoms with Gasteiger partial charge in [0, 0.05) is 16.6 Å². The second-order valence-electron chi connectivity index (χ2n) is 6.30. The highest BCUT2D eigenvalue weighted by molar-refractivity contribution is 9.10. The number of carbonyl (C=O) groups is 2. The van der Waals surface area contributed by atoms with Crippen molar-refractivity contribution in [2.75, 3.05) is 13.1 Å². The lowest BCUT2D eigenvalue weighted by atomic mass is 10.0. The third kappa shape index (κ3) is 4.10. The first-order valence-electron chi connectivity index (χ1n) is 8.45. The summed E-state index contributed by atoms with van der Waals surface area (Å²) in [5.74, 6) is -0.242. The Morgan fingerprint density at radius 1 is 1.20 bits per heavy atom. The maximum Gasteiger partial charge on any atom is 0.251 e. The van der Waals surface area contributed by atoms with Gasteiger partial charge in [0.15, 0.2) is 0 Å². The van der Waals surface area contributed by atoms with E-state index in [2.05, 4.69) is 27.3 Å². The van der Waals surface area contributed by atoms with Gasteiger partial charge in [-0.2, -0.15) is 0 Å². The molecule has 1 N–H and O–H groups in total. The predicted octanol–water partition coefficient (Wildman–Crippen LogP) is 3.85. The molecule has 2 aromatic carbocycles. The molecular formula is C20H21BrN2O2. The minimum atomic E-state index is -0.204. The number of carbonyl (C=O) groups excluding carboxylic acids is 2. The van der Waals surface area contributed by atoms with Gasteiger partial charge in [0.2, 0.25) is 5.91 Å². The Morgan fingerprint density at radius 2 is 2.00 bits per heavy atom. The van der Waals surface area contributed by atoms with Crippen LogP contribution >= 0.6 is 15.9 Å². The number of benzene rings is 2. The molecule has 1 unspecified atom stereocenters. The van der Waals surface area contributed by atoms with Crippen LogP contribution in [-0.2, 0) is 4.79 Å². The number of nitrogens with zero attached hydrogens (tertiary/aromatic N) is 1. The van der Waals surface area contributed by atoms with E-state index in [1.165, 1.54) is 0 Å². The second-order valence-corrected chi connectivity index (χ2v) is 7.21. The van der Waals surface area contributed by atoms with Crippen LogP contribution < -0.4 is 5.32 Å². The molecule has 1 atom stereocenters. The Kier molecular flexibility index (Phi) is 5.53. The average Bonchev–Trinajstić information content (AvgIpc) is 3.09. The fraction of sp³-hybridized carbons (Fsp3) is 0.300. The Morgan fingerprint density at radius 3 is 2.76 bits per heavy atom. The number of likely N-dealkylation sites (tertiary alicyclic amines) is 1. The highest BCUT2D eigenvalue weighted by Crippen LogP contribution is 2.32. The van der Waals surface area contributed by atoms with E-state index in [4.69, 9.17) is 0 Å². The molecule has 4 nitrogen and oxygen atoms in total. The first-order chi connectivity index (χ1) is 12.1. The molecule has 0 aliphatic carbocycles. The van der Waals surface area contributed by atoms with Gasteiger partial charge < -0.3 is 10.2 Å². The monoisotopic (exact) mass is 400 g/mol. The van der Waals surface area contributed by atoms with E-state index < -0.39 is 0 Å². The van der Waals surface area contributed by atoms with E-state index in [0.717, 1.165) is 35.0 Å². The van der Waals surface area contributed by atoms with E-state index in [0.29, 0.717) is 5.56 Å². The van der Waals surface area contributed by atoms with Crippen LogP contribution in [0.3, 0.4) is 0 Å². The summed E-state index contributed by atoms with van der Waals surface area (Å²) in [6.45, 7) is 2.65. The second kappa shape index (κ2) is 7.83. The van der Waals surface area contributed by atoms with E-state index in [1.54, 1.807) is 6.07 Å². The van der Waals surface area contributed by atoms with Crippen molar-refractivity contribution in [3.63, 3.8) is 0 Å². The van der Waals surface area contributed by atoms with Crippen LogP contribution in [0.15, 0.2) is 53.0 Å². The fourth-order valence-electron chi connectivity index (χ4n) is 3.31. The molecule has 1 fully saturated rings. The van der Waals surface area contributed by atoms with Crippen molar-refractivity contribution in [1.82, 2.24) is 10.2 Å². The van der Waals surface area contributed by atoms with Gasteiger partial charge >= 0.3 is 0 Å². The zero-order valence-corrected chi connectivity index (χ0v) is 15.8. The number of halogens is 1. The highest BCUT2D eigenvalue weighted by atomic mass is 79.9. The van der Waals surface area contributed by atoms with Gasteiger partial charge in [-0.15, -0.1) is 0 Å². The minimum Gasteiger partial charge on any atom is -0.343 e. The summed E-state index contributed by atoms with van der Waals surface area (Å²) in [6, 6.07) is 15.5. The molecular weight excluding hydrogens is 380 g/mol. The van der Waals surface area contributed by atoms with Gasteiger partial charge in [0.1, 0.15) is 0 Å². The Balaban J connectivity index is 1.64. The van der Waals surface area contributed by atoms with Gasteiger partial charge in [-0.3, -0.25) is 9.59 Å². The van der Waals surface area contributed by atoms with E-state index >= 15 is 0 Å². The molecule has 1 aliphatic heterocycles. The summed E-state index contributed by atoms with van der Waals surface area (Å²) in [7, 11) is 0. The van der Waals surface area contributed by atoms with Gasteiger partial charge in [0.25, 0.3) is 5.91 Å². The molecule has 1 heterocycles. The molecule has 130 valence electrons. The lowest BCUT2D eigenvalue weighted by Crippen LogP contribution is -2.40. The molecule has 0 radical (unpaired) electrons. The van der Waals surface area contributed by atoms with Crippen molar-refractivity contribution in [2.24, 2.45) is 0 Å². The van der Waals surface area contributed by atoms with Crippen molar-refractivity contribution in [2.45, 2.75) is 25.8 Å². The molecule has 0 saturated carbocycles. The normalized spacial score (nSPS) is 16.7. The summed E-state index contributed by atoms with van der Waals surface area (Å²) < 4.78 is 1.01. The number of amides is 2. The number of rotatable bonds is 4. The quantitative estimate of drug-likeness (QED) is 0.846. The molecule has 2 aromatic rings.